The molecule has 0 spiro atoms. The van der Waals surface area contributed by atoms with Gasteiger partial charge in [0.2, 0.25) is 5.91 Å². The first-order valence-electron chi connectivity index (χ1n) is 8.69. The molecule has 1 atom stereocenters. The molecule has 1 saturated heterocycles. The molecule has 2 rings (SSSR count). The summed E-state index contributed by atoms with van der Waals surface area (Å²) in [6, 6.07) is -0.184. The fraction of sp³-hybridized carbons (Fsp3) is 0.562. The van der Waals surface area contributed by atoms with Crippen molar-refractivity contribution in [3.8, 4) is 0 Å². The highest BCUT2D eigenvalue weighted by atomic mass is 33.1. The van der Waals surface area contributed by atoms with Gasteiger partial charge in [-0.05, 0) is 12.8 Å². The number of carbonyl (C=O) groups is 3. The van der Waals surface area contributed by atoms with Gasteiger partial charge in [0.1, 0.15) is 11.9 Å². The molecule has 9 nitrogen and oxygen atoms in total. The van der Waals surface area contributed by atoms with Crippen LogP contribution >= 0.6 is 21.6 Å². The van der Waals surface area contributed by atoms with Crippen LogP contribution in [0.1, 0.15) is 19.3 Å². The van der Waals surface area contributed by atoms with E-state index in [4.69, 9.17) is 15.0 Å². The minimum absolute atomic E-state index is 0.0179. The van der Waals surface area contributed by atoms with Gasteiger partial charge in [0.05, 0.1) is 12.6 Å². The summed E-state index contributed by atoms with van der Waals surface area (Å²) in [6.45, 7) is 1.39. The van der Waals surface area contributed by atoms with E-state index in [1.165, 1.54) is 10.8 Å². The highest BCUT2D eigenvalue weighted by Crippen LogP contribution is 2.23. The molecule has 1 aromatic heterocycles. The van der Waals surface area contributed by atoms with Crippen molar-refractivity contribution in [1.82, 2.24) is 15.3 Å². The van der Waals surface area contributed by atoms with Crippen LogP contribution in [0.2, 0.25) is 0 Å². The van der Waals surface area contributed by atoms with Crippen molar-refractivity contribution in [1.29, 1.82) is 0 Å². The lowest BCUT2D eigenvalue weighted by Gasteiger charge is -2.24. The number of aromatic nitrogens is 2. The summed E-state index contributed by atoms with van der Waals surface area (Å²) in [5, 5.41) is 18.6. The van der Waals surface area contributed by atoms with Crippen molar-refractivity contribution in [3.05, 3.63) is 18.6 Å². The average molecular weight is 470 g/mol. The molecule has 2 heterocycles. The Bertz CT molecular complexity index is 697. The van der Waals surface area contributed by atoms with E-state index in [1.54, 1.807) is 29.4 Å². The van der Waals surface area contributed by atoms with Crippen molar-refractivity contribution < 1.29 is 37.8 Å². The van der Waals surface area contributed by atoms with E-state index in [1.807, 2.05) is 4.90 Å². The molecule has 1 fully saturated rings. The zero-order valence-corrected chi connectivity index (χ0v) is 17.3. The summed E-state index contributed by atoms with van der Waals surface area (Å²) in [5.74, 6) is -1.44. The van der Waals surface area contributed by atoms with Gasteiger partial charge >= 0.3 is 18.1 Å². The molecule has 30 heavy (non-hydrogen) atoms. The number of halogens is 3. The fourth-order valence-corrected chi connectivity index (χ4v) is 4.22. The van der Waals surface area contributed by atoms with Crippen molar-refractivity contribution in [3.63, 3.8) is 0 Å². The third kappa shape index (κ3) is 10.0. The minimum Gasteiger partial charge on any atom is -0.481 e. The van der Waals surface area contributed by atoms with E-state index in [-0.39, 0.29) is 18.4 Å². The second-order valence-electron chi connectivity index (χ2n) is 5.80. The number of hydrogen-bond donors (Lipinski definition) is 3. The highest BCUT2D eigenvalue weighted by molar-refractivity contribution is 8.76. The Kier molecular flexibility index (Phi) is 11.3. The first-order chi connectivity index (χ1) is 14.1. The summed E-state index contributed by atoms with van der Waals surface area (Å²) in [6.07, 6.45) is 1.80. The number of amides is 1. The molecule has 0 aromatic carbocycles. The van der Waals surface area contributed by atoms with Gasteiger partial charge in [-0.3, -0.25) is 14.6 Å². The SMILES string of the molecule is O=C(O)C(F)(F)F.O=C(O)CCSSCCNC(=O)C1CCCN1c1cnccn1. The van der Waals surface area contributed by atoms with Gasteiger partial charge in [-0.1, -0.05) is 21.6 Å². The van der Waals surface area contributed by atoms with Crippen LogP contribution in [-0.4, -0.2) is 74.8 Å². The van der Waals surface area contributed by atoms with Gasteiger partial charge in [-0.25, -0.2) is 9.78 Å². The predicted octanol–water partition coefficient (Wildman–Crippen LogP) is 2.05. The molecule has 168 valence electrons. The number of rotatable bonds is 9. The van der Waals surface area contributed by atoms with Crippen LogP contribution < -0.4 is 10.2 Å². The maximum absolute atomic E-state index is 12.3. The summed E-state index contributed by atoms with van der Waals surface area (Å²) in [5.41, 5.74) is 0. The Morgan fingerprint density at radius 2 is 1.87 bits per heavy atom. The monoisotopic (exact) mass is 470 g/mol. The number of carbonyl (C=O) groups excluding carboxylic acids is 1. The van der Waals surface area contributed by atoms with Crippen molar-refractivity contribution in [2.45, 2.75) is 31.5 Å². The molecule has 1 aliphatic rings. The Labute approximate surface area is 178 Å². The molecule has 0 saturated carbocycles. The molecule has 1 aliphatic heterocycles. The highest BCUT2D eigenvalue weighted by Gasteiger charge is 2.38. The van der Waals surface area contributed by atoms with Gasteiger partial charge < -0.3 is 20.4 Å². The first-order valence-corrected chi connectivity index (χ1v) is 11.2. The number of aliphatic carboxylic acids is 2. The number of alkyl halides is 3. The molecule has 1 amide bonds. The lowest BCUT2D eigenvalue weighted by Crippen LogP contribution is -2.44. The summed E-state index contributed by atoms with van der Waals surface area (Å²) in [7, 11) is 3.10. The molecule has 0 bridgehead atoms. The van der Waals surface area contributed by atoms with E-state index >= 15 is 0 Å². The van der Waals surface area contributed by atoms with Crippen LogP contribution in [0.4, 0.5) is 19.0 Å². The van der Waals surface area contributed by atoms with Gasteiger partial charge in [0.25, 0.3) is 0 Å². The van der Waals surface area contributed by atoms with Crippen LogP contribution in [0.3, 0.4) is 0 Å². The Hall–Kier alpha value is -2.22. The molecule has 0 radical (unpaired) electrons. The third-order valence-electron chi connectivity index (χ3n) is 3.61. The van der Waals surface area contributed by atoms with Crippen LogP contribution in [0.25, 0.3) is 0 Å². The predicted molar refractivity (Wildman–Crippen MR) is 106 cm³/mol. The first kappa shape index (κ1) is 25.8. The van der Waals surface area contributed by atoms with Crippen molar-refractivity contribution in [2.75, 3.05) is 29.5 Å². The number of nitrogens with zero attached hydrogens (tertiary/aromatic N) is 3. The number of nitrogens with one attached hydrogen (secondary N) is 1. The largest absolute Gasteiger partial charge is 0.490 e. The standard InChI is InChI=1S/C14H20N4O3S2.C2HF3O2/c19-13(20)3-8-22-23-9-6-17-14(21)11-2-1-7-18(11)12-10-15-4-5-16-12;3-2(4,5)1(6)7/h4-5,10-11H,1-3,6-9H2,(H,17,21)(H,19,20);(H,6,7). The second kappa shape index (κ2) is 13.2. The van der Waals surface area contributed by atoms with Gasteiger partial charge in [0, 0.05) is 37.0 Å². The van der Waals surface area contributed by atoms with E-state index in [2.05, 4.69) is 15.3 Å². The molecular formula is C16H21F3N4O5S2. The lowest BCUT2D eigenvalue weighted by molar-refractivity contribution is -0.192. The average Bonchev–Trinajstić information content (AvgIpc) is 3.17. The van der Waals surface area contributed by atoms with Crippen LogP contribution in [0.15, 0.2) is 18.6 Å². The molecule has 0 aliphatic carbocycles. The lowest BCUT2D eigenvalue weighted by atomic mass is 10.2. The zero-order valence-electron chi connectivity index (χ0n) is 15.7. The van der Waals surface area contributed by atoms with Crippen LogP contribution in [0.5, 0.6) is 0 Å². The van der Waals surface area contributed by atoms with E-state index in [9.17, 15) is 22.8 Å². The number of hydrogen-bond acceptors (Lipinski definition) is 8. The molecule has 1 unspecified atom stereocenters. The zero-order chi connectivity index (χ0) is 22.6. The maximum Gasteiger partial charge on any atom is 0.490 e. The number of anilines is 1. The molecular weight excluding hydrogens is 449 g/mol. The Morgan fingerprint density at radius 1 is 1.20 bits per heavy atom. The van der Waals surface area contributed by atoms with Crippen LogP contribution in [-0.2, 0) is 14.4 Å². The number of carboxylic acids is 2. The van der Waals surface area contributed by atoms with Gasteiger partial charge in [0.15, 0.2) is 0 Å². The maximum atomic E-state index is 12.3. The smallest absolute Gasteiger partial charge is 0.481 e. The molecule has 14 heteroatoms. The molecule has 3 N–H and O–H groups in total. The van der Waals surface area contributed by atoms with E-state index in [0.29, 0.717) is 12.3 Å². The van der Waals surface area contributed by atoms with Crippen molar-refractivity contribution in [2.24, 2.45) is 0 Å². The van der Waals surface area contributed by atoms with E-state index < -0.39 is 18.1 Å². The second-order valence-corrected chi connectivity index (χ2v) is 8.50. The topological polar surface area (TPSA) is 133 Å². The quantitative estimate of drug-likeness (QED) is 0.364. The van der Waals surface area contributed by atoms with Gasteiger partial charge in [-0.2, -0.15) is 13.2 Å². The fourth-order valence-electron chi connectivity index (χ4n) is 2.33. The Morgan fingerprint density at radius 3 is 2.43 bits per heavy atom. The van der Waals surface area contributed by atoms with Crippen LogP contribution in [0, 0.1) is 0 Å². The normalized spacial score (nSPS) is 15.8. The molecule has 1 aromatic rings. The van der Waals surface area contributed by atoms with Crippen molar-refractivity contribution >= 4 is 45.3 Å². The Balaban J connectivity index is 0.000000553. The summed E-state index contributed by atoms with van der Waals surface area (Å²) >= 11 is 0. The summed E-state index contributed by atoms with van der Waals surface area (Å²) in [4.78, 5) is 41.9. The number of carboxylic acid groups (broad SMARTS) is 2. The minimum atomic E-state index is -5.08. The summed E-state index contributed by atoms with van der Waals surface area (Å²) < 4.78 is 31.7. The van der Waals surface area contributed by atoms with Gasteiger partial charge in [-0.15, -0.1) is 0 Å². The third-order valence-corrected chi connectivity index (χ3v) is 6.02. The van der Waals surface area contributed by atoms with E-state index in [0.717, 1.165) is 31.0 Å².